The molecule has 168 valence electrons. The lowest BCUT2D eigenvalue weighted by molar-refractivity contribution is 0.217. The van der Waals surface area contributed by atoms with E-state index in [0.717, 1.165) is 24.1 Å². The van der Waals surface area contributed by atoms with Crippen LogP contribution in [0.4, 0.5) is 4.39 Å². The Kier molecular flexibility index (Phi) is 6.21. The molecule has 1 aromatic carbocycles. The molecule has 2 aliphatic rings. The number of nitrogens with zero attached hydrogens (tertiary/aromatic N) is 4. The van der Waals surface area contributed by atoms with Crippen LogP contribution < -0.4 is 5.56 Å². The third-order valence-electron chi connectivity index (χ3n) is 8.04. The maximum absolute atomic E-state index is 14.4. The van der Waals surface area contributed by atoms with Gasteiger partial charge in [0.25, 0.3) is 5.56 Å². The fraction of sp³-hybridized carbons (Fsp3) is 0.600. The normalized spacial score (nSPS) is 22.8. The maximum atomic E-state index is 14.4. The van der Waals surface area contributed by atoms with E-state index in [9.17, 15) is 9.18 Å². The first kappa shape index (κ1) is 23.3. The van der Waals surface area contributed by atoms with Gasteiger partial charge in [0.2, 0.25) is 0 Å². The molecule has 4 rings (SSSR count). The largest absolute Gasteiger partial charge is 0.304 e. The highest BCUT2D eigenvalue weighted by Crippen LogP contribution is 2.66. The van der Waals surface area contributed by atoms with Gasteiger partial charge in [-0.1, -0.05) is 41.5 Å². The molecule has 0 amide bonds. The number of aromatic nitrogens is 2. The molecule has 1 aromatic heterocycles. The van der Waals surface area contributed by atoms with E-state index in [-0.39, 0.29) is 28.0 Å². The minimum Gasteiger partial charge on any atom is -0.304 e. The van der Waals surface area contributed by atoms with Crippen molar-refractivity contribution in [1.82, 2.24) is 14.3 Å². The van der Waals surface area contributed by atoms with Crippen LogP contribution in [0.2, 0.25) is 0 Å². The highest BCUT2D eigenvalue weighted by molar-refractivity contribution is 5.49. The molecule has 2 atom stereocenters. The van der Waals surface area contributed by atoms with Crippen LogP contribution in [-0.4, -0.2) is 33.9 Å². The monoisotopic (exact) mass is 426 g/mol. The zero-order valence-electron chi connectivity index (χ0n) is 19.9. The second kappa shape index (κ2) is 8.27. The van der Waals surface area contributed by atoms with Gasteiger partial charge in [-0.15, -0.1) is 0 Å². The molecular weight excluding hydrogens is 391 g/mol. The zero-order valence-corrected chi connectivity index (χ0v) is 19.9. The first-order valence-corrected chi connectivity index (χ1v) is 11.3. The van der Waals surface area contributed by atoms with E-state index >= 15 is 0 Å². The molecule has 0 radical (unpaired) electrons. The first-order chi connectivity index (χ1) is 14.6. The third-order valence-corrected chi connectivity index (χ3v) is 8.04. The Labute approximate surface area is 185 Å². The molecule has 0 unspecified atom stereocenters. The van der Waals surface area contributed by atoms with Crippen molar-refractivity contribution in [2.45, 2.75) is 65.7 Å². The maximum Gasteiger partial charge on any atom is 0.275 e. The van der Waals surface area contributed by atoms with Gasteiger partial charge in [-0.05, 0) is 62.0 Å². The lowest BCUT2D eigenvalue weighted by Gasteiger charge is -2.36. The van der Waals surface area contributed by atoms with Crippen LogP contribution in [-0.2, 0) is 12.5 Å². The fourth-order valence-electron chi connectivity index (χ4n) is 5.71. The number of fused-ring (bicyclic) bond motifs is 5. The summed E-state index contributed by atoms with van der Waals surface area (Å²) in [7, 11) is 1.82. The Hall–Kier alpha value is -2.39. The Morgan fingerprint density at radius 1 is 1.19 bits per heavy atom. The van der Waals surface area contributed by atoms with Gasteiger partial charge in [-0.2, -0.15) is 5.26 Å². The quantitative estimate of drug-likeness (QED) is 0.711. The summed E-state index contributed by atoms with van der Waals surface area (Å²) >= 11 is 0. The summed E-state index contributed by atoms with van der Waals surface area (Å²) in [5.74, 6) is -0.285. The second-order valence-electron chi connectivity index (χ2n) is 9.45. The fourth-order valence-corrected chi connectivity index (χ4v) is 5.71. The van der Waals surface area contributed by atoms with E-state index in [1.807, 2.05) is 13.1 Å². The summed E-state index contributed by atoms with van der Waals surface area (Å²) in [4.78, 5) is 15.5. The summed E-state index contributed by atoms with van der Waals surface area (Å²) in [6.07, 6.45) is 2.03. The number of nitriles is 1. The van der Waals surface area contributed by atoms with Crippen molar-refractivity contribution >= 4 is 0 Å². The van der Waals surface area contributed by atoms with Crippen LogP contribution >= 0.6 is 0 Å². The van der Waals surface area contributed by atoms with Crippen LogP contribution in [0.1, 0.15) is 77.1 Å². The number of halogens is 1. The number of hydrogen-bond donors (Lipinski definition) is 0. The van der Waals surface area contributed by atoms with Crippen molar-refractivity contribution in [3.05, 3.63) is 51.2 Å². The second-order valence-corrected chi connectivity index (χ2v) is 9.45. The van der Waals surface area contributed by atoms with E-state index < -0.39 is 5.82 Å². The van der Waals surface area contributed by atoms with Crippen molar-refractivity contribution in [3.8, 4) is 11.8 Å². The summed E-state index contributed by atoms with van der Waals surface area (Å²) in [6, 6.07) is 6.13. The van der Waals surface area contributed by atoms with E-state index in [1.54, 1.807) is 4.68 Å². The Bertz CT molecular complexity index is 1060. The SMILES string of the molecule is CCN(CC)CC.Cn1c2c(c(=O)n1-c1cc(C#N)ccc1F)[C@H]1CC[C@]2(C)C1(C)C. The molecule has 1 saturated carbocycles. The molecule has 1 heterocycles. The van der Waals surface area contributed by atoms with Gasteiger partial charge in [0.15, 0.2) is 0 Å². The van der Waals surface area contributed by atoms with Crippen molar-refractivity contribution < 1.29 is 4.39 Å². The molecule has 2 aliphatic carbocycles. The van der Waals surface area contributed by atoms with E-state index in [2.05, 4.69) is 46.4 Å². The van der Waals surface area contributed by atoms with Crippen LogP contribution in [0.25, 0.3) is 5.69 Å². The summed E-state index contributed by atoms with van der Waals surface area (Å²) in [5, 5.41) is 9.09. The standard InChI is InChI=1S/C19H20FN3O.C6H15N/c1-18(2)12-7-8-19(18,3)16-15(12)17(24)23(22(16)4)14-9-11(10-21)5-6-13(14)20;1-4-7(5-2)6-3/h5-6,9,12H,7-8H2,1-4H3;4-6H2,1-3H3/t12-,19+;/m1./s1. The molecule has 2 aromatic rings. The van der Waals surface area contributed by atoms with Crippen LogP contribution in [0.3, 0.4) is 0 Å². The Balaban J connectivity index is 0.000000339. The van der Waals surface area contributed by atoms with Gasteiger partial charge < -0.3 is 4.90 Å². The summed E-state index contributed by atoms with van der Waals surface area (Å²) in [6.45, 7) is 16.8. The molecular formula is C25H35FN4O. The molecule has 6 heteroatoms. The van der Waals surface area contributed by atoms with Crippen molar-refractivity contribution in [1.29, 1.82) is 5.26 Å². The smallest absolute Gasteiger partial charge is 0.275 e. The highest BCUT2D eigenvalue weighted by Gasteiger charge is 2.62. The first-order valence-electron chi connectivity index (χ1n) is 11.3. The van der Waals surface area contributed by atoms with E-state index in [4.69, 9.17) is 5.26 Å². The molecule has 0 saturated heterocycles. The predicted molar refractivity (Wildman–Crippen MR) is 122 cm³/mol. The average Bonchev–Trinajstić information content (AvgIpc) is 3.21. The van der Waals surface area contributed by atoms with Gasteiger partial charge in [-0.25, -0.2) is 9.07 Å². The van der Waals surface area contributed by atoms with Gasteiger partial charge in [0.1, 0.15) is 11.5 Å². The summed E-state index contributed by atoms with van der Waals surface area (Å²) in [5.41, 5.74) is 2.14. The lowest BCUT2D eigenvalue weighted by Crippen LogP contribution is -2.35. The lowest BCUT2D eigenvalue weighted by atomic mass is 9.70. The topological polar surface area (TPSA) is 54.0 Å². The molecule has 0 spiro atoms. The molecule has 2 bridgehead atoms. The van der Waals surface area contributed by atoms with Crippen LogP contribution in [0.5, 0.6) is 0 Å². The van der Waals surface area contributed by atoms with Crippen molar-refractivity contribution in [2.75, 3.05) is 19.6 Å². The minimum absolute atomic E-state index is 0.0285. The zero-order chi connectivity index (χ0) is 23.1. The molecule has 0 aliphatic heterocycles. The Morgan fingerprint density at radius 2 is 1.81 bits per heavy atom. The van der Waals surface area contributed by atoms with Gasteiger partial charge >= 0.3 is 0 Å². The Morgan fingerprint density at radius 3 is 2.29 bits per heavy atom. The van der Waals surface area contributed by atoms with Crippen molar-refractivity contribution in [3.63, 3.8) is 0 Å². The average molecular weight is 427 g/mol. The molecule has 0 N–H and O–H groups in total. The highest BCUT2D eigenvalue weighted by atomic mass is 19.1. The van der Waals surface area contributed by atoms with Gasteiger partial charge in [-0.3, -0.25) is 9.48 Å². The number of rotatable bonds is 4. The number of benzene rings is 1. The van der Waals surface area contributed by atoms with Crippen LogP contribution in [0, 0.1) is 22.6 Å². The van der Waals surface area contributed by atoms with Crippen molar-refractivity contribution in [2.24, 2.45) is 12.5 Å². The summed E-state index contributed by atoms with van der Waals surface area (Å²) < 4.78 is 17.6. The van der Waals surface area contributed by atoms with E-state index in [0.29, 0.717) is 5.56 Å². The van der Waals surface area contributed by atoms with Gasteiger partial charge in [0.05, 0.1) is 17.3 Å². The molecule has 5 nitrogen and oxygen atoms in total. The minimum atomic E-state index is -0.493. The predicted octanol–water partition coefficient (Wildman–Crippen LogP) is 4.71. The third kappa shape index (κ3) is 3.34. The van der Waals surface area contributed by atoms with E-state index in [1.165, 1.54) is 42.5 Å². The van der Waals surface area contributed by atoms with Crippen LogP contribution in [0.15, 0.2) is 23.0 Å². The van der Waals surface area contributed by atoms with Gasteiger partial charge in [0, 0.05) is 18.0 Å². The molecule has 31 heavy (non-hydrogen) atoms. The molecule has 1 fully saturated rings. The number of hydrogen-bond acceptors (Lipinski definition) is 3.